The Hall–Kier alpha value is -0.570. The van der Waals surface area contributed by atoms with Gasteiger partial charge in [0.15, 0.2) is 0 Å². The van der Waals surface area contributed by atoms with Gasteiger partial charge in [0.05, 0.1) is 12.2 Å². The van der Waals surface area contributed by atoms with Crippen molar-refractivity contribution in [1.29, 1.82) is 0 Å². The Balaban J connectivity index is 2.10. The Bertz CT molecular complexity index is 451. The average molecular weight is 310 g/mol. The summed E-state index contributed by atoms with van der Waals surface area (Å²) in [5, 5.41) is 0.745. The van der Waals surface area contributed by atoms with Crippen LogP contribution < -0.4 is 5.73 Å². The number of halogens is 1. The lowest BCUT2D eigenvalue weighted by Gasteiger charge is -2.36. The van der Waals surface area contributed by atoms with E-state index in [9.17, 15) is 0 Å². The number of hydrogen-bond donors (Lipinski definition) is 1. The van der Waals surface area contributed by atoms with Crippen LogP contribution >= 0.6 is 11.6 Å². The Morgan fingerprint density at radius 1 is 1.29 bits per heavy atom. The summed E-state index contributed by atoms with van der Waals surface area (Å²) in [6, 6.07) is 7.93. The van der Waals surface area contributed by atoms with Crippen LogP contribution in [0.5, 0.6) is 0 Å². The van der Waals surface area contributed by atoms with E-state index in [4.69, 9.17) is 22.1 Å². The van der Waals surface area contributed by atoms with Crippen molar-refractivity contribution < 1.29 is 4.74 Å². The molecule has 5 atom stereocenters. The highest BCUT2D eigenvalue weighted by molar-refractivity contribution is 6.30. The molecule has 21 heavy (non-hydrogen) atoms. The second kappa shape index (κ2) is 7.62. The molecule has 0 spiro atoms. The second-order valence-electron chi connectivity index (χ2n) is 6.57. The number of ether oxygens (including phenoxy) is 1. The molecule has 1 aliphatic rings. The Kier molecular flexibility index (Phi) is 6.09. The highest BCUT2D eigenvalue weighted by atomic mass is 35.5. The first-order valence-electron chi connectivity index (χ1n) is 8.17. The molecule has 1 aromatic carbocycles. The van der Waals surface area contributed by atoms with Crippen molar-refractivity contribution in [3.63, 3.8) is 0 Å². The van der Waals surface area contributed by atoms with E-state index in [1.165, 1.54) is 6.42 Å². The molecule has 0 amide bonds. The zero-order chi connectivity index (χ0) is 15.4. The summed E-state index contributed by atoms with van der Waals surface area (Å²) in [6.07, 6.45) is 4.68. The third-order valence-corrected chi connectivity index (χ3v) is 5.16. The zero-order valence-corrected chi connectivity index (χ0v) is 14.1. The molecule has 2 nitrogen and oxygen atoms in total. The summed E-state index contributed by atoms with van der Waals surface area (Å²) in [7, 11) is 0. The van der Waals surface area contributed by atoms with Crippen molar-refractivity contribution in [1.82, 2.24) is 0 Å². The summed E-state index contributed by atoms with van der Waals surface area (Å²) in [6.45, 7) is 6.78. The minimum Gasteiger partial charge on any atom is -0.369 e. The van der Waals surface area contributed by atoms with Crippen LogP contribution in [0.15, 0.2) is 24.3 Å². The molecular formula is C18H28ClNO. The van der Waals surface area contributed by atoms with Crippen LogP contribution in [0.2, 0.25) is 5.02 Å². The van der Waals surface area contributed by atoms with E-state index in [0.717, 1.165) is 41.7 Å². The second-order valence-corrected chi connectivity index (χ2v) is 7.01. The molecule has 0 aliphatic heterocycles. The third kappa shape index (κ3) is 4.45. The van der Waals surface area contributed by atoms with Gasteiger partial charge in [-0.2, -0.15) is 0 Å². The van der Waals surface area contributed by atoms with Gasteiger partial charge >= 0.3 is 0 Å². The van der Waals surface area contributed by atoms with E-state index in [1.807, 2.05) is 18.2 Å². The molecule has 2 rings (SSSR count). The van der Waals surface area contributed by atoms with Crippen LogP contribution in [0.4, 0.5) is 0 Å². The molecule has 1 aliphatic carbocycles. The van der Waals surface area contributed by atoms with Crippen LogP contribution in [0.25, 0.3) is 0 Å². The fraction of sp³-hybridized carbons (Fsp3) is 0.667. The van der Waals surface area contributed by atoms with Gasteiger partial charge in [-0.3, -0.25) is 0 Å². The fourth-order valence-corrected chi connectivity index (χ4v) is 3.35. The summed E-state index contributed by atoms with van der Waals surface area (Å²) in [5.74, 6) is 1.52. The van der Waals surface area contributed by atoms with Crippen molar-refractivity contribution in [3.8, 4) is 0 Å². The van der Waals surface area contributed by atoms with Crippen molar-refractivity contribution in [3.05, 3.63) is 34.9 Å². The highest BCUT2D eigenvalue weighted by Gasteiger charge is 2.29. The van der Waals surface area contributed by atoms with Gasteiger partial charge in [-0.1, -0.05) is 44.5 Å². The van der Waals surface area contributed by atoms with Gasteiger partial charge in [-0.25, -0.2) is 0 Å². The lowest BCUT2D eigenvalue weighted by molar-refractivity contribution is -0.0594. The number of nitrogens with two attached hydrogens (primary N) is 1. The molecule has 0 saturated heterocycles. The maximum absolute atomic E-state index is 6.42. The maximum atomic E-state index is 6.42. The van der Waals surface area contributed by atoms with Crippen molar-refractivity contribution in [2.24, 2.45) is 17.6 Å². The van der Waals surface area contributed by atoms with E-state index in [0.29, 0.717) is 6.10 Å². The van der Waals surface area contributed by atoms with Crippen LogP contribution in [0.3, 0.4) is 0 Å². The molecule has 2 N–H and O–H groups in total. The molecule has 5 unspecified atom stereocenters. The molecule has 0 aromatic heterocycles. The Labute approximate surface area is 134 Å². The van der Waals surface area contributed by atoms with E-state index >= 15 is 0 Å². The van der Waals surface area contributed by atoms with Crippen molar-refractivity contribution in [2.45, 2.75) is 64.7 Å². The van der Waals surface area contributed by atoms with Crippen LogP contribution in [0.1, 0.15) is 58.1 Å². The standard InChI is InChI=1S/C18H28ClNO/c1-4-17(20)18(14-6-5-7-15(19)11-14)21-16-9-8-12(2)13(3)10-16/h5-7,11-13,16-18H,4,8-10,20H2,1-3H3. The molecule has 0 radical (unpaired) electrons. The Morgan fingerprint density at radius 3 is 2.67 bits per heavy atom. The molecule has 3 heteroatoms. The van der Waals surface area contributed by atoms with Gasteiger partial charge in [0.25, 0.3) is 0 Å². The quantitative estimate of drug-likeness (QED) is 0.834. The number of rotatable bonds is 5. The van der Waals surface area contributed by atoms with Crippen LogP contribution in [-0.4, -0.2) is 12.1 Å². The van der Waals surface area contributed by atoms with E-state index in [-0.39, 0.29) is 12.1 Å². The highest BCUT2D eigenvalue weighted by Crippen LogP contribution is 2.35. The minimum atomic E-state index is -0.0562. The van der Waals surface area contributed by atoms with Crippen LogP contribution in [0, 0.1) is 11.8 Å². The van der Waals surface area contributed by atoms with Gasteiger partial charge in [-0.05, 0) is 55.2 Å². The summed E-state index contributed by atoms with van der Waals surface area (Å²) in [5.41, 5.74) is 7.41. The molecule has 1 aromatic rings. The zero-order valence-electron chi connectivity index (χ0n) is 13.4. The van der Waals surface area contributed by atoms with Gasteiger partial charge in [0.1, 0.15) is 0 Å². The summed E-state index contributed by atoms with van der Waals surface area (Å²) < 4.78 is 6.42. The Morgan fingerprint density at radius 2 is 2.05 bits per heavy atom. The van der Waals surface area contributed by atoms with Gasteiger partial charge in [-0.15, -0.1) is 0 Å². The fourth-order valence-electron chi connectivity index (χ4n) is 3.15. The molecule has 118 valence electrons. The molecular weight excluding hydrogens is 282 g/mol. The normalized spacial score (nSPS) is 29.1. The summed E-state index contributed by atoms with van der Waals surface area (Å²) >= 11 is 6.13. The molecule has 0 heterocycles. The molecule has 1 saturated carbocycles. The lowest BCUT2D eigenvalue weighted by Crippen LogP contribution is -2.35. The first-order valence-corrected chi connectivity index (χ1v) is 8.55. The predicted octanol–water partition coefficient (Wildman–Crippen LogP) is 4.96. The SMILES string of the molecule is CCC(N)C(OC1CCC(C)C(C)C1)c1cccc(Cl)c1. The van der Waals surface area contributed by atoms with Gasteiger partial charge < -0.3 is 10.5 Å². The van der Waals surface area contributed by atoms with E-state index < -0.39 is 0 Å². The van der Waals surface area contributed by atoms with Gasteiger partial charge in [0, 0.05) is 11.1 Å². The van der Waals surface area contributed by atoms with E-state index in [1.54, 1.807) is 0 Å². The largest absolute Gasteiger partial charge is 0.369 e. The van der Waals surface area contributed by atoms with Crippen molar-refractivity contribution in [2.75, 3.05) is 0 Å². The average Bonchev–Trinajstić information content (AvgIpc) is 2.47. The first-order chi connectivity index (χ1) is 10.0. The molecule has 0 bridgehead atoms. The van der Waals surface area contributed by atoms with E-state index in [2.05, 4.69) is 26.8 Å². The lowest BCUT2D eigenvalue weighted by atomic mass is 9.80. The summed E-state index contributed by atoms with van der Waals surface area (Å²) in [4.78, 5) is 0. The maximum Gasteiger partial charge on any atom is 0.0979 e. The third-order valence-electron chi connectivity index (χ3n) is 4.93. The van der Waals surface area contributed by atoms with Crippen LogP contribution in [-0.2, 0) is 4.74 Å². The minimum absolute atomic E-state index is 0.0122. The first kappa shape index (κ1) is 16.8. The van der Waals surface area contributed by atoms with Gasteiger partial charge in [0.2, 0.25) is 0 Å². The monoisotopic (exact) mass is 309 g/mol. The smallest absolute Gasteiger partial charge is 0.0979 e. The van der Waals surface area contributed by atoms with Crippen molar-refractivity contribution >= 4 is 11.6 Å². The predicted molar refractivity (Wildman–Crippen MR) is 89.5 cm³/mol. The molecule has 1 fully saturated rings. The number of benzene rings is 1. The number of hydrogen-bond acceptors (Lipinski definition) is 2. The topological polar surface area (TPSA) is 35.2 Å².